The van der Waals surface area contributed by atoms with Crippen molar-refractivity contribution < 1.29 is 9.69 Å². The molecule has 4 heteroatoms. The lowest BCUT2D eigenvalue weighted by molar-refractivity contribution is -0.922. The fourth-order valence-corrected chi connectivity index (χ4v) is 3.97. The molecule has 2 aromatic rings. The molecule has 1 saturated heterocycles. The van der Waals surface area contributed by atoms with Crippen molar-refractivity contribution in [1.82, 2.24) is 5.32 Å². The summed E-state index contributed by atoms with van der Waals surface area (Å²) in [6.07, 6.45) is 2.26. The highest BCUT2D eigenvalue weighted by Gasteiger charge is 2.36. The van der Waals surface area contributed by atoms with Gasteiger partial charge in [0, 0.05) is 17.3 Å². The standard InChI is InChI=1S/C22H27N3O/c1-17-7-5-6-10-20(17)24-13-15-25(16-14-24)21(18-8-3-2-4-9-18)22(26)23-19-11-12-19/h2-10,19,21H,11-16H2,1H3,(H,23,26)/p+1/t21-/m1/s1. The number of hydrogen-bond donors (Lipinski definition) is 2. The highest BCUT2D eigenvalue weighted by Crippen LogP contribution is 2.21. The Morgan fingerprint density at radius 1 is 1.04 bits per heavy atom. The second-order valence-electron chi connectivity index (χ2n) is 7.56. The van der Waals surface area contributed by atoms with E-state index in [-0.39, 0.29) is 11.9 Å². The second-order valence-corrected chi connectivity index (χ2v) is 7.56. The molecule has 26 heavy (non-hydrogen) atoms. The van der Waals surface area contributed by atoms with E-state index in [1.165, 1.54) is 16.2 Å². The number of aryl methyl sites for hydroxylation is 1. The topological polar surface area (TPSA) is 36.8 Å². The summed E-state index contributed by atoms with van der Waals surface area (Å²) < 4.78 is 0. The average Bonchev–Trinajstić information content (AvgIpc) is 3.48. The molecule has 0 unspecified atom stereocenters. The number of nitrogens with zero attached hydrogens (tertiary/aromatic N) is 1. The number of quaternary nitrogens is 1. The number of hydrogen-bond acceptors (Lipinski definition) is 2. The Hall–Kier alpha value is -2.33. The molecule has 2 aromatic carbocycles. The fourth-order valence-electron chi connectivity index (χ4n) is 3.97. The maximum Gasteiger partial charge on any atom is 0.283 e. The third-order valence-corrected chi connectivity index (χ3v) is 5.59. The predicted octanol–water partition coefficient (Wildman–Crippen LogP) is 1.72. The Bertz CT molecular complexity index is 749. The second kappa shape index (κ2) is 7.50. The van der Waals surface area contributed by atoms with Gasteiger partial charge in [0.25, 0.3) is 5.91 Å². The third-order valence-electron chi connectivity index (χ3n) is 5.59. The number of rotatable bonds is 5. The molecule has 2 N–H and O–H groups in total. The molecule has 4 rings (SSSR count). The van der Waals surface area contributed by atoms with E-state index in [0.29, 0.717) is 6.04 Å². The van der Waals surface area contributed by atoms with Crippen molar-refractivity contribution in [1.29, 1.82) is 0 Å². The van der Waals surface area contributed by atoms with Crippen molar-refractivity contribution in [3.63, 3.8) is 0 Å². The number of piperazine rings is 1. The molecular formula is C22H28N3O+. The lowest BCUT2D eigenvalue weighted by atomic mass is 10.0. The molecule has 1 aliphatic heterocycles. The lowest BCUT2D eigenvalue weighted by Gasteiger charge is -2.37. The minimum Gasteiger partial charge on any atom is -0.360 e. The van der Waals surface area contributed by atoms with Crippen LogP contribution in [-0.2, 0) is 4.79 Å². The molecule has 4 nitrogen and oxygen atoms in total. The highest BCUT2D eigenvalue weighted by molar-refractivity contribution is 5.82. The highest BCUT2D eigenvalue weighted by atomic mass is 16.2. The van der Waals surface area contributed by atoms with E-state index in [1.807, 2.05) is 18.2 Å². The van der Waals surface area contributed by atoms with Crippen molar-refractivity contribution in [3.8, 4) is 0 Å². The Labute approximate surface area is 155 Å². The summed E-state index contributed by atoms with van der Waals surface area (Å²) in [6, 6.07) is 19.2. The van der Waals surface area contributed by atoms with E-state index >= 15 is 0 Å². The van der Waals surface area contributed by atoms with Gasteiger partial charge in [-0.25, -0.2) is 0 Å². The van der Waals surface area contributed by atoms with Gasteiger partial charge in [-0.3, -0.25) is 4.79 Å². The number of benzene rings is 2. The summed E-state index contributed by atoms with van der Waals surface area (Å²) in [4.78, 5) is 16.8. The monoisotopic (exact) mass is 350 g/mol. The number of anilines is 1. The number of nitrogens with one attached hydrogen (secondary N) is 2. The minimum atomic E-state index is -0.101. The van der Waals surface area contributed by atoms with Crippen molar-refractivity contribution in [3.05, 3.63) is 65.7 Å². The molecule has 2 aliphatic rings. The van der Waals surface area contributed by atoms with Crippen LogP contribution in [-0.4, -0.2) is 38.1 Å². The summed E-state index contributed by atoms with van der Waals surface area (Å²) in [5.74, 6) is 0.193. The summed E-state index contributed by atoms with van der Waals surface area (Å²) in [5, 5.41) is 3.23. The quantitative estimate of drug-likeness (QED) is 0.862. The van der Waals surface area contributed by atoms with Crippen LogP contribution in [0.3, 0.4) is 0 Å². The normalized spacial score (nSPS) is 19.2. The van der Waals surface area contributed by atoms with Crippen LogP contribution in [0.4, 0.5) is 5.69 Å². The van der Waals surface area contributed by atoms with Crippen LogP contribution in [0.1, 0.15) is 30.0 Å². The van der Waals surface area contributed by atoms with Gasteiger partial charge in [-0.1, -0.05) is 48.5 Å². The van der Waals surface area contributed by atoms with Crippen molar-refractivity contribution in [2.45, 2.75) is 31.8 Å². The zero-order chi connectivity index (χ0) is 17.9. The lowest BCUT2D eigenvalue weighted by Crippen LogP contribution is -3.16. The number of carbonyl (C=O) groups excluding carboxylic acids is 1. The summed E-state index contributed by atoms with van der Waals surface area (Å²) in [5.41, 5.74) is 3.78. The molecule has 0 aromatic heterocycles. The van der Waals surface area contributed by atoms with Crippen molar-refractivity contribution in [2.75, 3.05) is 31.1 Å². The average molecular weight is 350 g/mol. The van der Waals surface area contributed by atoms with E-state index in [2.05, 4.69) is 53.5 Å². The molecule has 2 fully saturated rings. The van der Waals surface area contributed by atoms with Gasteiger partial charge >= 0.3 is 0 Å². The van der Waals surface area contributed by atoms with Crippen molar-refractivity contribution in [2.24, 2.45) is 0 Å². The van der Waals surface area contributed by atoms with E-state index in [0.717, 1.165) is 44.6 Å². The van der Waals surface area contributed by atoms with Crippen LogP contribution >= 0.6 is 0 Å². The third kappa shape index (κ3) is 3.75. The van der Waals surface area contributed by atoms with Crippen LogP contribution in [0, 0.1) is 6.92 Å². The summed E-state index contributed by atoms with van der Waals surface area (Å²) in [7, 11) is 0. The fraction of sp³-hybridized carbons (Fsp3) is 0.409. The first-order valence-electron chi connectivity index (χ1n) is 9.73. The van der Waals surface area contributed by atoms with Gasteiger partial charge < -0.3 is 15.1 Å². The maximum atomic E-state index is 13.0. The zero-order valence-corrected chi connectivity index (χ0v) is 15.4. The first-order chi connectivity index (χ1) is 12.7. The van der Waals surface area contributed by atoms with Crippen LogP contribution in [0.2, 0.25) is 0 Å². The SMILES string of the molecule is Cc1ccccc1N1CC[NH+]([C@@H](C(=O)NC2CC2)c2ccccc2)CC1. The van der Waals surface area contributed by atoms with Gasteiger partial charge in [0.15, 0.2) is 6.04 Å². The molecule has 136 valence electrons. The molecule has 0 bridgehead atoms. The molecule has 1 atom stereocenters. The van der Waals surface area contributed by atoms with Crippen LogP contribution < -0.4 is 15.1 Å². The Balaban J connectivity index is 1.49. The smallest absolute Gasteiger partial charge is 0.283 e. The van der Waals surface area contributed by atoms with Gasteiger partial charge in [-0.2, -0.15) is 0 Å². The minimum absolute atomic E-state index is 0.101. The van der Waals surface area contributed by atoms with E-state index in [4.69, 9.17) is 0 Å². The Morgan fingerprint density at radius 2 is 1.69 bits per heavy atom. The van der Waals surface area contributed by atoms with Gasteiger partial charge in [-0.05, 0) is 31.4 Å². The van der Waals surface area contributed by atoms with E-state index in [9.17, 15) is 4.79 Å². The van der Waals surface area contributed by atoms with Crippen LogP contribution in [0.25, 0.3) is 0 Å². The van der Waals surface area contributed by atoms with Crippen LogP contribution in [0.5, 0.6) is 0 Å². The summed E-state index contributed by atoms with van der Waals surface area (Å²) >= 11 is 0. The molecule has 0 spiro atoms. The van der Waals surface area contributed by atoms with Gasteiger partial charge in [-0.15, -0.1) is 0 Å². The number of para-hydroxylation sites is 1. The first kappa shape index (κ1) is 17.1. The summed E-state index contributed by atoms with van der Waals surface area (Å²) in [6.45, 7) is 6.10. The molecule has 1 amide bonds. The largest absolute Gasteiger partial charge is 0.360 e. The molecule has 1 saturated carbocycles. The number of carbonyl (C=O) groups is 1. The maximum absolute atomic E-state index is 13.0. The Morgan fingerprint density at radius 3 is 2.35 bits per heavy atom. The van der Waals surface area contributed by atoms with Gasteiger partial charge in [0.2, 0.25) is 0 Å². The Kier molecular flexibility index (Phi) is 4.93. The van der Waals surface area contributed by atoms with Crippen molar-refractivity contribution >= 4 is 11.6 Å². The first-order valence-corrected chi connectivity index (χ1v) is 9.73. The van der Waals surface area contributed by atoms with E-state index < -0.39 is 0 Å². The zero-order valence-electron chi connectivity index (χ0n) is 15.4. The van der Waals surface area contributed by atoms with Gasteiger partial charge in [0.1, 0.15) is 0 Å². The molecular weight excluding hydrogens is 322 g/mol. The van der Waals surface area contributed by atoms with E-state index in [1.54, 1.807) is 0 Å². The predicted molar refractivity (Wildman–Crippen MR) is 104 cm³/mol. The molecule has 1 heterocycles. The van der Waals surface area contributed by atoms with Crippen LogP contribution in [0.15, 0.2) is 54.6 Å². The number of amides is 1. The molecule has 1 aliphatic carbocycles. The molecule has 0 radical (unpaired) electrons. The van der Waals surface area contributed by atoms with Gasteiger partial charge in [0.05, 0.1) is 26.2 Å².